The second-order valence-corrected chi connectivity index (χ2v) is 6.45. The van der Waals surface area contributed by atoms with Crippen molar-refractivity contribution in [2.75, 3.05) is 20.2 Å². The molecule has 0 unspecified atom stereocenters. The highest BCUT2D eigenvalue weighted by Gasteiger charge is 2.38. The first-order chi connectivity index (χ1) is 11.3. The molecule has 1 saturated heterocycles. The van der Waals surface area contributed by atoms with Gasteiger partial charge in [0.25, 0.3) is 0 Å². The average Bonchev–Trinajstić information content (AvgIpc) is 3.00. The number of benzene rings is 2. The lowest BCUT2D eigenvalue weighted by Crippen LogP contribution is -2.30. The highest BCUT2D eigenvalue weighted by atomic mass is 16.5. The predicted molar refractivity (Wildman–Crippen MR) is 95.8 cm³/mol. The molecule has 2 heteroatoms. The van der Waals surface area contributed by atoms with E-state index in [1.165, 1.54) is 17.5 Å². The van der Waals surface area contributed by atoms with E-state index in [-0.39, 0.29) is 5.41 Å². The summed E-state index contributed by atoms with van der Waals surface area (Å²) in [5.41, 5.74) is 2.91. The second kappa shape index (κ2) is 7.01. The summed E-state index contributed by atoms with van der Waals surface area (Å²) in [4.78, 5) is 2.55. The van der Waals surface area contributed by atoms with Crippen LogP contribution in [0.4, 0.5) is 0 Å². The summed E-state index contributed by atoms with van der Waals surface area (Å²) < 4.78 is 5.42. The molecule has 1 aliphatic rings. The number of likely N-dealkylation sites (tertiary alicyclic amines) is 1. The zero-order valence-electron chi connectivity index (χ0n) is 13.9. The van der Waals surface area contributed by atoms with Crippen molar-refractivity contribution in [2.45, 2.75) is 24.8 Å². The van der Waals surface area contributed by atoms with E-state index in [9.17, 15) is 0 Å². The van der Waals surface area contributed by atoms with E-state index in [4.69, 9.17) is 4.74 Å². The number of methoxy groups -OCH3 is 1. The molecule has 1 heterocycles. The Bertz CT molecular complexity index is 652. The van der Waals surface area contributed by atoms with Crippen molar-refractivity contribution in [3.63, 3.8) is 0 Å². The van der Waals surface area contributed by atoms with E-state index < -0.39 is 0 Å². The molecule has 3 rings (SSSR count). The first-order valence-corrected chi connectivity index (χ1v) is 8.27. The van der Waals surface area contributed by atoms with Gasteiger partial charge in [0.15, 0.2) is 0 Å². The molecule has 0 aliphatic carbocycles. The van der Waals surface area contributed by atoms with Crippen LogP contribution in [-0.2, 0) is 12.0 Å². The summed E-state index contributed by atoms with van der Waals surface area (Å²) in [7, 11) is 1.73. The Kier molecular flexibility index (Phi) is 4.82. The van der Waals surface area contributed by atoms with Crippen molar-refractivity contribution in [1.29, 1.82) is 0 Å². The van der Waals surface area contributed by atoms with Gasteiger partial charge in [0.1, 0.15) is 5.75 Å². The lowest BCUT2D eigenvalue weighted by molar-refractivity contribution is 0.302. The van der Waals surface area contributed by atoms with Gasteiger partial charge in [0, 0.05) is 18.5 Å². The molecule has 1 fully saturated rings. The molecule has 2 aromatic rings. The van der Waals surface area contributed by atoms with E-state index in [0.717, 1.165) is 31.8 Å². The minimum Gasteiger partial charge on any atom is -0.497 e. The van der Waals surface area contributed by atoms with Crippen LogP contribution >= 0.6 is 0 Å². The maximum Gasteiger partial charge on any atom is 0.119 e. The van der Waals surface area contributed by atoms with Crippen LogP contribution in [0, 0.1) is 0 Å². The topological polar surface area (TPSA) is 12.5 Å². The Morgan fingerprint density at radius 1 is 1.17 bits per heavy atom. The molecule has 2 nitrogen and oxygen atoms in total. The monoisotopic (exact) mass is 307 g/mol. The number of nitrogens with zero attached hydrogens (tertiary/aromatic N) is 1. The molecular formula is C21H25NO. The molecule has 0 amide bonds. The highest BCUT2D eigenvalue weighted by molar-refractivity contribution is 5.36. The molecule has 1 aliphatic heterocycles. The third-order valence-electron chi connectivity index (χ3n) is 4.90. The Morgan fingerprint density at radius 2 is 2.00 bits per heavy atom. The Morgan fingerprint density at radius 3 is 2.74 bits per heavy atom. The summed E-state index contributed by atoms with van der Waals surface area (Å²) in [6.45, 7) is 7.21. The largest absolute Gasteiger partial charge is 0.497 e. The molecule has 120 valence electrons. The van der Waals surface area contributed by atoms with Gasteiger partial charge in [-0.2, -0.15) is 0 Å². The van der Waals surface area contributed by atoms with Gasteiger partial charge in [0.05, 0.1) is 7.11 Å². The first kappa shape index (κ1) is 15.8. The summed E-state index contributed by atoms with van der Waals surface area (Å²) >= 11 is 0. The fourth-order valence-corrected chi connectivity index (χ4v) is 3.68. The van der Waals surface area contributed by atoms with Gasteiger partial charge in [-0.15, -0.1) is 6.58 Å². The lowest BCUT2D eigenvalue weighted by Gasteiger charge is -2.29. The van der Waals surface area contributed by atoms with Gasteiger partial charge in [-0.3, -0.25) is 4.90 Å². The van der Waals surface area contributed by atoms with Gasteiger partial charge in [0.2, 0.25) is 0 Å². The van der Waals surface area contributed by atoms with Gasteiger partial charge in [-0.1, -0.05) is 48.5 Å². The van der Waals surface area contributed by atoms with E-state index in [0.29, 0.717) is 0 Å². The quantitative estimate of drug-likeness (QED) is 0.733. The minimum absolute atomic E-state index is 0.158. The first-order valence-electron chi connectivity index (χ1n) is 8.27. The van der Waals surface area contributed by atoms with Gasteiger partial charge in [-0.25, -0.2) is 0 Å². The van der Waals surface area contributed by atoms with Gasteiger partial charge >= 0.3 is 0 Å². The SMILES string of the molecule is C=CC[C@@]1(c2cccc(OC)c2)CCN(Cc2ccccc2)C1. The van der Waals surface area contributed by atoms with Crippen molar-refractivity contribution < 1.29 is 4.74 Å². The van der Waals surface area contributed by atoms with E-state index >= 15 is 0 Å². The normalized spacial score (nSPS) is 21.3. The number of ether oxygens (including phenoxy) is 1. The van der Waals surface area contributed by atoms with Crippen LogP contribution in [0.2, 0.25) is 0 Å². The van der Waals surface area contributed by atoms with E-state index in [1.807, 2.05) is 6.07 Å². The molecule has 0 radical (unpaired) electrons. The van der Waals surface area contributed by atoms with Crippen molar-refractivity contribution in [3.05, 3.63) is 78.4 Å². The Labute approximate surface area is 139 Å². The standard InChI is InChI=1S/C21H25NO/c1-3-12-21(19-10-7-11-20(15-19)23-2)13-14-22(17-21)16-18-8-5-4-6-9-18/h3-11,15H,1,12-14,16-17H2,2H3/t21-/m1/s1. The Balaban J connectivity index is 1.81. The summed E-state index contributed by atoms with van der Waals surface area (Å²) in [5.74, 6) is 0.937. The van der Waals surface area contributed by atoms with Crippen LogP contribution in [-0.4, -0.2) is 25.1 Å². The highest BCUT2D eigenvalue weighted by Crippen LogP contribution is 2.39. The number of rotatable bonds is 6. The van der Waals surface area contributed by atoms with Crippen LogP contribution in [0.1, 0.15) is 24.0 Å². The van der Waals surface area contributed by atoms with Gasteiger partial charge < -0.3 is 4.74 Å². The number of allylic oxidation sites excluding steroid dienone is 1. The van der Waals surface area contributed by atoms with Crippen LogP contribution in [0.3, 0.4) is 0 Å². The second-order valence-electron chi connectivity index (χ2n) is 6.45. The fourth-order valence-electron chi connectivity index (χ4n) is 3.68. The summed E-state index contributed by atoms with van der Waals surface area (Å²) in [6.07, 6.45) is 4.23. The van der Waals surface area contributed by atoms with Gasteiger partial charge in [-0.05, 0) is 42.6 Å². The molecule has 2 aromatic carbocycles. The molecule has 0 spiro atoms. The molecule has 0 saturated carbocycles. The lowest BCUT2D eigenvalue weighted by atomic mass is 9.77. The smallest absolute Gasteiger partial charge is 0.119 e. The molecule has 0 bridgehead atoms. The molecular weight excluding hydrogens is 282 g/mol. The zero-order valence-corrected chi connectivity index (χ0v) is 13.9. The molecule has 23 heavy (non-hydrogen) atoms. The van der Waals surface area contributed by atoms with Crippen LogP contribution < -0.4 is 4.74 Å². The predicted octanol–water partition coefficient (Wildman–Crippen LogP) is 4.42. The van der Waals surface area contributed by atoms with Crippen LogP contribution in [0.5, 0.6) is 5.75 Å². The number of hydrogen-bond acceptors (Lipinski definition) is 2. The maximum absolute atomic E-state index is 5.42. The fraction of sp³-hybridized carbons (Fsp3) is 0.333. The summed E-state index contributed by atoms with van der Waals surface area (Å²) in [6, 6.07) is 19.3. The molecule has 0 aromatic heterocycles. The van der Waals surface area contributed by atoms with Crippen molar-refractivity contribution in [3.8, 4) is 5.75 Å². The molecule has 1 atom stereocenters. The zero-order chi connectivity index (χ0) is 16.1. The van der Waals surface area contributed by atoms with Crippen molar-refractivity contribution in [2.24, 2.45) is 0 Å². The number of hydrogen-bond donors (Lipinski definition) is 0. The van der Waals surface area contributed by atoms with E-state index in [1.54, 1.807) is 7.11 Å². The van der Waals surface area contributed by atoms with Crippen LogP contribution in [0.15, 0.2) is 67.3 Å². The van der Waals surface area contributed by atoms with Crippen molar-refractivity contribution in [1.82, 2.24) is 4.90 Å². The average molecular weight is 307 g/mol. The summed E-state index contributed by atoms with van der Waals surface area (Å²) in [5, 5.41) is 0. The van der Waals surface area contributed by atoms with E-state index in [2.05, 4.69) is 66.1 Å². The molecule has 0 N–H and O–H groups in total. The Hall–Kier alpha value is -2.06. The minimum atomic E-state index is 0.158. The maximum atomic E-state index is 5.42. The van der Waals surface area contributed by atoms with Crippen molar-refractivity contribution >= 4 is 0 Å². The third-order valence-corrected chi connectivity index (χ3v) is 4.90. The third kappa shape index (κ3) is 3.48. The van der Waals surface area contributed by atoms with Crippen LogP contribution in [0.25, 0.3) is 0 Å².